The minimum Gasteiger partial charge on any atom is -0.185 e. The summed E-state index contributed by atoms with van der Waals surface area (Å²) < 4.78 is 0. The van der Waals surface area contributed by atoms with Crippen LogP contribution in [0.15, 0.2) is 46.2 Å². The van der Waals surface area contributed by atoms with Crippen LogP contribution in [0.3, 0.4) is 0 Å². The van der Waals surface area contributed by atoms with Crippen LogP contribution in [0.1, 0.15) is 0 Å². The monoisotopic (exact) mass is 242 g/mol. The highest BCUT2D eigenvalue weighted by atomic mass is 32.2. The summed E-state index contributed by atoms with van der Waals surface area (Å²) in [6.07, 6.45) is 0. The van der Waals surface area contributed by atoms with Crippen molar-refractivity contribution in [1.29, 1.82) is 10.5 Å². The molecule has 0 amide bonds. The molecule has 76 valence electrons. The summed E-state index contributed by atoms with van der Waals surface area (Å²) >= 11 is 2.31. The SMILES string of the molecule is N#CSc1ccc2cc(SC#N)ccc2c1. The number of benzene rings is 2. The first-order valence-corrected chi connectivity index (χ1v) is 6.12. The lowest BCUT2D eigenvalue weighted by Crippen LogP contribution is -1.76. The van der Waals surface area contributed by atoms with Gasteiger partial charge in [0.15, 0.2) is 0 Å². The molecule has 0 atom stereocenters. The molecule has 2 nitrogen and oxygen atoms in total. The zero-order chi connectivity index (χ0) is 11.4. The van der Waals surface area contributed by atoms with Gasteiger partial charge in [0.05, 0.1) is 0 Å². The van der Waals surface area contributed by atoms with Crippen molar-refractivity contribution in [3.63, 3.8) is 0 Å². The Morgan fingerprint density at radius 1 is 0.750 bits per heavy atom. The van der Waals surface area contributed by atoms with Gasteiger partial charge in [-0.2, -0.15) is 10.5 Å². The van der Waals surface area contributed by atoms with Crippen molar-refractivity contribution in [1.82, 2.24) is 0 Å². The normalized spacial score (nSPS) is 9.62. The highest BCUT2D eigenvalue weighted by Crippen LogP contribution is 2.26. The minimum atomic E-state index is 0.940. The second kappa shape index (κ2) is 4.94. The quantitative estimate of drug-likeness (QED) is 0.590. The molecule has 2 aromatic carbocycles. The molecule has 0 radical (unpaired) electrons. The van der Waals surface area contributed by atoms with Gasteiger partial charge in [-0.05, 0) is 58.6 Å². The van der Waals surface area contributed by atoms with Crippen molar-refractivity contribution >= 4 is 34.3 Å². The Morgan fingerprint density at radius 2 is 1.19 bits per heavy atom. The van der Waals surface area contributed by atoms with E-state index in [2.05, 4.69) is 0 Å². The molecule has 0 N–H and O–H groups in total. The molecular formula is C12H6N2S2. The van der Waals surface area contributed by atoms with Crippen LogP contribution >= 0.6 is 23.5 Å². The van der Waals surface area contributed by atoms with Gasteiger partial charge in [0.2, 0.25) is 0 Å². The van der Waals surface area contributed by atoms with E-state index >= 15 is 0 Å². The molecule has 0 aliphatic rings. The molecular weight excluding hydrogens is 236 g/mol. The Balaban J connectivity index is 2.46. The second-order valence-corrected chi connectivity index (χ2v) is 4.77. The number of rotatable bonds is 2. The Morgan fingerprint density at radius 3 is 1.56 bits per heavy atom. The summed E-state index contributed by atoms with van der Waals surface area (Å²) in [5, 5.41) is 23.4. The van der Waals surface area contributed by atoms with Gasteiger partial charge in [-0.25, -0.2) is 0 Å². The van der Waals surface area contributed by atoms with Gasteiger partial charge < -0.3 is 0 Å². The van der Waals surface area contributed by atoms with Gasteiger partial charge in [-0.15, -0.1) is 0 Å². The van der Waals surface area contributed by atoms with E-state index in [1.807, 2.05) is 47.2 Å². The van der Waals surface area contributed by atoms with Gasteiger partial charge >= 0.3 is 0 Å². The highest BCUT2D eigenvalue weighted by Gasteiger charge is 1.99. The molecule has 0 aliphatic carbocycles. The Labute approximate surface area is 102 Å². The van der Waals surface area contributed by atoms with E-state index in [4.69, 9.17) is 10.5 Å². The van der Waals surface area contributed by atoms with Gasteiger partial charge in [0.1, 0.15) is 10.8 Å². The summed E-state index contributed by atoms with van der Waals surface area (Å²) in [6.45, 7) is 0. The number of nitrogens with zero attached hydrogens (tertiary/aromatic N) is 2. The molecule has 0 spiro atoms. The van der Waals surface area contributed by atoms with Gasteiger partial charge in [0, 0.05) is 9.79 Å². The Bertz CT molecular complexity index is 553. The molecule has 0 unspecified atom stereocenters. The predicted molar refractivity (Wildman–Crippen MR) is 66.9 cm³/mol. The molecule has 0 aromatic heterocycles. The van der Waals surface area contributed by atoms with E-state index in [1.54, 1.807) is 0 Å². The summed E-state index contributed by atoms with van der Waals surface area (Å²) in [5.74, 6) is 0. The van der Waals surface area contributed by atoms with Crippen LogP contribution in [-0.2, 0) is 0 Å². The standard InChI is InChI=1S/C12H6N2S2/c13-7-15-11-3-1-9-5-12(16-8-14)4-2-10(9)6-11/h1-6H. The van der Waals surface area contributed by atoms with Crippen molar-refractivity contribution < 1.29 is 0 Å². The number of hydrogen-bond acceptors (Lipinski definition) is 4. The van der Waals surface area contributed by atoms with E-state index in [0.29, 0.717) is 0 Å². The lowest BCUT2D eigenvalue weighted by atomic mass is 10.1. The van der Waals surface area contributed by atoms with Gasteiger partial charge in [0.25, 0.3) is 0 Å². The van der Waals surface area contributed by atoms with Crippen LogP contribution in [0.2, 0.25) is 0 Å². The van der Waals surface area contributed by atoms with Crippen LogP contribution in [0.25, 0.3) is 10.8 Å². The summed E-state index contributed by atoms with van der Waals surface area (Å²) in [4.78, 5) is 1.88. The van der Waals surface area contributed by atoms with Gasteiger partial charge in [-0.1, -0.05) is 12.1 Å². The topological polar surface area (TPSA) is 47.6 Å². The molecule has 0 aliphatic heterocycles. The van der Waals surface area contributed by atoms with Crippen LogP contribution in [0.5, 0.6) is 0 Å². The van der Waals surface area contributed by atoms with E-state index in [1.165, 1.54) is 0 Å². The average Bonchev–Trinajstić information content (AvgIpc) is 2.30. The zero-order valence-corrected chi connectivity index (χ0v) is 9.81. The third-order valence-corrected chi connectivity index (χ3v) is 3.27. The van der Waals surface area contributed by atoms with Crippen LogP contribution in [-0.4, -0.2) is 0 Å². The first-order valence-electron chi connectivity index (χ1n) is 4.49. The second-order valence-electron chi connectivity index (χ2n) is 3.06. The summed E-state index contributed by atoms with van der Waals surface area (Å²) in [5.41, 5.74) is 0. The molecule has 2 aromatic rings. The third kappa shape index (κ3) is 2.30. The maximum Gasteiger partial charge on any atom is 0.138 e. The predicted octanol–water partition coefficient (Wildman–Crippen LogP) is 3.99. The lowest BCUT2D eigenvalue weighted by Gasteiger charge is -2.01. The van der Waals surface area contributed by atoms with Crippen LogP contribution < -0.4 is 0 Å². The van der Waals surface area contributed by atoms with E-state index in [-0.39, 0.29) is 0 Å². The maximum absolute atomic E-state index is 8.58. The third-order valence-electron chi connectivity index (χ3n) is 2.11. The fraction of sp³-hybridized carbons (Fsp3) is 0. The molecule has 2 rings (SSSR count). The first-order chi connectivity index (χ1) is 7.83. The number of thioether (sulfide) groups is 2. The molecule has 0 bridgehead atoms. The molecule has 0 fully saturated rings. The fourth-order valence-electron chi connectivity index (χ4n) is 1.43. The smallest absolute Gasteiger partial charge is 0.138 e. The Hall–Kier alpha value is -1.62. The van der Waals surface area contributed by atoms with Crippen molar-refractivity contribution in [2.24, 2.45) is 0 Å². The van der Waals surface area contributed by atoms with E-state index < -0.39 is 0 Å². The van der Waals surface area contributed by atoms with Gasteiger partial charge in [-0.3, -0.25) is 0 Å². The van der Waals surface area contributed by atoms with Crippen molar-refractivity contribution in [3.05, 3.63) is 36.4 Å². The number of nitriles is 2. The van der Waals surface area contributed by atoms with E-state index in [9.17, 15) is 0 Å². The van der Waals surface area contributed by atoms with Crippen molar-refractivity contribution in [3.8, 4) is 10.8 Å². The summed E-state index contributed by atoms with van der Waals surface area (Å²) in [7, 11) is 0. The molecule has 0 saturated heterocycles. The van der Waals surface area contributed by atoms with Crippen molar-refractivity contribution in [2.75, 3.05) is 0 Å². The minimum absolute atomic E-state index is 0.940. The van der Waals surface area contributed by atoms with Crippen molar-refractivity contribution in [2.45, 2.75) is 9.79 Å². The maximum atomic E-state index is 8.58. The largest absolute Gasteiger partial charge is 0.185 e. The molecule has 16 heavy (non-hydrogen) atoms. The van der Waals surface area contributed by atoms with E-state index in [0.717, 1.165) is 44.1 Å². The first kappa shape index (κ1) is 10.9. The van der Waals surface area contributed by atoms with Crippen LogP contribution in [0, 0.1) is 21.3 Å². The molecule has 4 heteroatoms. The summed E-state index contributed by atoms with van der Waals surface area (Å²) in [6, 6.07) is 11.7. The fourth-order valence-corrected chi connectivity index (χ4v) is 2.29. The lowest BCUT2D eigenvalue weighted by molar-refractivity contribution is 1.47. The number of fused-ring (bicyclic) bond motifs is 1. The van der Waals surface area contributed by atoms with Crippen LogP contribution in [0.4, 0.5) is 0 Å². The molecule has 0 heterocycles. The zero-order valence-electron chi connectivity index (χ0n) is 8.18. The number of hydrogen-bond donors (Lipinski definition) is 0. The Kier molecular flexibility index (Phi) is 3.36. The highest BCUT2D eigenvalue weighted by molar-refractivity contribution is 8.04. The average molecular weight is 242 g/mol. The molecule has 0 saturated carbocycles. The number of thiocyanates is 2.